The molecule has 0 radical (unpaired) electrons. The molecule has 1 aliphatic rings. The maximum absolute atomic E-state index is 4.76. The van der Waals surface area contributed by atoms with Crippen molar-refractivity contribution in [2.75, 3.05) is 0 Å². The first-order chi connectivity index (χ1) is 8.38. The fourth-order valence-electron chi connectivity index (χ4n) is 2.49. The summed E-state index contributed by atoms with van der Waals surface area (Å²) in [7, 11) is 0. The van der Waals surface area contributed by atoms with Crippen LogP contribution in [0.4, 0.5) is 0 Å². The number of fused-ring (bicyclic) bond motifs is 1. The van der Waals surface area contributed by atoms with E-state index in [4.69, 9.17) is 4.98 Å². The van der Waals surface area contributed by atoms with Crippen LogP contribution in [-0.2, 0) is 19.3 Å². The first-order valence-corrected chi connectivity index (χ1v) is 6.40. The normalized spacial score (nSPS) is 13.9. The number of imidazole rings is 1. The molecule has 2 aromatic rings. The highest BCUT2D eigenvalue weighted by Crippen LogP contribution is 2.21. The SMILES string of the molecule is CCCc1nccn1-c1ccc2c(n1)CCC2. The molecule has 3 rings (SSSR count). The van der Waals surface area contributed by atoms with Crippen molar-refractivity contribution in [3.05, 3.63) is 41.6 Å². The zero-order valence-electron chi connectivity index (χ0n) is 10.2. The fourth-order valence-corrected chi connectivity index (χ4v) is 2.49. The minimum absolute atomic E-state index is 1.01. The Kier molecular flexibility index (Phi) is 2.67. The molecule has 2 aromatic heterocycles. The van der Waals surface area contributed by atoms with Crippen molar-refractivity contribution < 1.29 is 0 Å². The number of nitrogens with zero attached hydrogens (tertiary/aromatic N) is 3. The van der Waals surface area contributed by atoms with Crippen LogP contribution in [0.1, 0.15) is 36.8 Å². The number of aromatic nitrogens is 3. The molecule has 88 valence electrons. The number of pyridine rings is 1. The van der Waals surface area contributed by atoms with E-state index in [9.17, 15) is 0 Å². The highest BCUT2D eigenvalue weighted by molar-refractivity contribution is 5.34. The lowest BCUT2D eigenvalue weighted by atomic mass is 10.2. The van der Waals surface area contributed by atoms with Gasteiger partial charge in [-0.25, -0.2) is 9.97 Å². The molecular weight excluding hydrogens is 210 g/mol. The Morgan fingerprint density at radius 3 is 3.12 bits per heavy atom. The average molecular weight is 227 g/mol. The molecule has 2 heterocycles. The highest BCUT2D eigenvalue weighted by Gasteiger charge is 2.14. The number of hydrogen-bond donors (Lipinski definition) is 0. The van der Waals surface area contributed by atoms with Gasteiger partial charge in [0.1, 0.15) is 11.6 Å². The minimum Gasteiger partial charge on any atom is -0.288 e. The van der Waals surface area contributed by atoms with Crippen LogP contribution in [0.5, 0.6) is 0 Å². The van der Waals surface area contributed by atoms with Crippen LogP contribution in [0.25, 0.3) is 5.82 Å². The third-order valence-electron chi connectivity index (χ3n) is 3.35. The summed E-state index contributed by atoms with van der Waals surface area (Å²) >= 11 is 0. The van der Waals surface area contributed by atoms with Gasteiger partial charge in [-0.3, -0.25) is 4.57 Å². The Hall–Kier alpha value is -1.64. The van der Waals surface area contributed by atoms with Gasteiger partial charge in [-0.1, -0.05) is 13.0 Å². The summed E-state index contributed by atoms with van der Waals surface area (Å²) in [6, 6.07) is 4.34. The molecule has 0 aliphatic heterocycles. The quantitative estimate of drug-likeness (QED) is 0.807. The minimum atomic E-state index is 1.01. The molecule has 0 aromatic carbocycles. The standard InChI is InChI=1S/C14H17N3/c1-2-4-13-15-9-10-17(13)14-8-7-11-5-3-6-12(11)16-14/h7-10H,2-6H2,1H3. The van der Waals surface area contributed by atoms with E-state index in [1.165, 1.54) is 24.1 Å². The molecule has 0 saturated carbocycles. The molecule has 0 fully saturated rings. The molecule has 1 aliphatic carbocycles. The van der Waals surface area contributed by atoms with E-state index in [0.29, 0.717) is 0 Å². The predicted molar refractivity (Wildman–Crippen MR) is 67.4 cm³/mol. The largest absolute Gasteiger partial charge is 0.288 e. The van der Waals surface area contributed by atoms with Crippen molar-refractivity contribution in [2.24, 2.45) is 0 Å². The van der Waals surface area contributed by atoms with Crippen LogP contribution in [-0.4, -0.2) is 14.5 Å². The monoisotopic (exact) mass is 227 g/mol. The van der Waals surface area contributed by atoms with E-state index >= 15 is 0 Å². The maximum Gasteiger partial charge on any atom is 0.138 e. The third-order valence-corrected chi connectivity index (χ3v) is 3.35. The average Bonchev–Trinajstić information content (AvgIpc) is 2.96. The van der Waals surface area contributed by atoms with Gasteiger partial charge < -0.3 is 0 Å². The van der Waals surface area contributed by atoms with E-state index in [1.54, 1.807) is 0 Å². The Bertz CT molecular complexity index is 528. The van der Waals surface area contributed by atoms with Gasteiger partial charge in [0, 0.05) is 24.5 Å². The van der Waals surface area contributed by atoms with Crippen molar-refractivity contribution in [3.8, 4) is 5.82 Å². The number of rotatable bonds is 3. The molecule has 0 unspecified atom stereocenters. The van der Waals surface area contributed by atoms with E-state index < -0.39 is 0 Å². The van der Waals surface area contributed by atoms with Crippen LogP contribution in [0, 0.1) is 0 Å². The van der Waals surface area contributed by atoms with Crippen molar-refractivity contribution >= 4 is 0 Å². The third kappa shape index (κ3) is 1.86. The maximum atomic E-state index is 4.76. The molecular formula is C14H17N3. The molecule has 0 N–H and O–H groups in total. The van der Waals surface area contributed by atoms with Gasteiger partial charge in [-0.15, -0.1) is 0 Å². The smallest absolute Gasteiger partial charge is 0.138 e. The summed E-state index contributed by atoms with van der Waals surface area (Å²) < 4.78 is 2.11. The lowest BCUT2D eigenvalue weighted by Crippen LogP contribution is -2.04. The van der Waals surface area contributed by atoms with Gasteiger partial charge >= 0.3 is 0 Å². The molecule has 17 heavy (non-hydrogen) atoms. The first kappa shape index (κ1) is 10.5. The molecule has 0 bridgehead atoms. The molecule has 0 spiro atoms. The predicted octanol–water partition coefficient (Wildman–Crippen LogP) is 2.71. The van der Waals surface area contributed by atoms with E-state index in [1.807, 2.05) is 12.4 Å². The van der Waals surface area contributed by atoms with Gasteiger partial charge in [0.25, 0.3) is 0 Å². The van der Waals surface area contributed by atoms with E-state index in [2.05, 4.69) is 28.6 Å². The van der Waals surface area contributed by atoms with E-state index in [-0.39, 0.29) is 0 Å². The van der Waals surface area contributed by atoms with Crippen LogP contribution >= 0.6 is 0 Å². The van der Waals surface area contributed by atoms with Crippen LogP contribution in [0.2, 0.25) is 0 Å². The summed E-state index contributed by atoms with van der Waals surface area (Å²) in [6.45, 7) is 2.18. The zero-order chi connectivity index (χ0) is 11.7. The Balaban J connectivity index is 2.00. The second-order valence-corrected chi connectivity index (χ2v) is 4.59. The van der Waals surface area contributed by atoms with Crippen molar-refractivity contribution in [1.82, 2.24) is 14.5 Å². The molecule has 0 amide bonds. The number of hydrogen-bond acceptors (Lipinski definition) is 2. The van der Waals surface area contributed by atoms with Crippen LogP contribution < -0.4 is 0 Å². The van der Waals surface area contributed by atoms with Gasteiger partial charge in [0.2, 0.25) is 0 Å². The summed E-state index contributed by atoms with van der Waals surface area (Å²) in [4.78, 5) is 9.16. The summed E-state index contributed by atoms with van der Waals surface area (Å²) in [5.74, 6) is 2.13. The molecule has 3 nitrogen and oxygen atoms in total. The number of aryl methyl sites for hydroxylation is 3. The van der Waals surface area contributed by atoms with Gasteiger partial charge in [-0.2, -0.15) is 0 Å². The Morgan fingerprint density at radius 1 is 1.29 bits per heavy atom. The van der Waals surface area contributed by atoms with Crippen LogP contribution in [0.3, 0.4) is 0 Å². The Labute approximate surface area is 102 Å². The van der Waals surface area contributed by atoms with Crippen LogP contribution in [0.15, 0.2) is 24.5 Å². The summed E-state index contributed by atoms with van der Waals surface area (Å²) in [5, 5.41) is 0. The Morgan fingerprint density at radius 2 is 2.24 bits per heavy atom. The fraction of sp³-hybridized carbons (Fsp3) is 0.429. The summed E-state index contributed by atoms with van der Waals surface area (Å²) in [5.41, 5.74) is 2.70. The second-order valence-electron chi connectivity index (χ2n) is 4.59. The first-order valence-electron chi connectivity index (χ1n) is 6.40. The summed E-state index contributed by atoms with van der Waals surface area (Å²) in [6.07, 6.45) is 9.55. The molecule has 0 atom stereocenters. The zero-order valence-corrected chi connectivity index (χ0v) is 10.2. The van der Waals surface area contributed by atoms with Gasteiger partial charge in [0.05, 0.1) is 0 Å². The molecule has 0 saturated heterocycles. The van der Waals surface area contributed by atoms with Crippen molar-refractivity contribution in [2.45, 2.75) is 39.0 Å². The van der Waals surface area contributed by atoms with Crippen molar-refractivity contribution in [3.63, 3.8) is 0 Å². The lowest BCUT2D eigenvalue weighted by molar-refractivity contribution is 0.794. The topological polar surface area (TPSA) is 30.7 Å². The highest BCUT2D eigenvalue weighted by atomic mass is 15.1. The van der Waals surface area contributed by atoms with Gasteiger partial charge in [0.15, 0.2) is 0 Å². The van der Waals surface area contributed by atoms with Gasteiger partial charge in [-0.05, 0) is 37.3 Å². The van der Waals surface area contributed by atoms with E-state index in [0.717, 1.165) is 30.9 Å². The second kappa shape index (κ2) is 4.32. The lowest BCUT2D eigenvalue weighted by Gasteiger charge is -2.08. The molecule has 3 heteroatoms. The van der Waals surface area contributed by atoms with Crippen molar-refractivity contribution in [1.29, 1.82) is 0 Å².